The Balaban J connectivity index is 1.66. The molecule has 2 heterocycles. The van der Waals surface area contributed by atoms with Crippen LogP contribution in [0.3, 0.4) is 0 Å². The third-order valence-corrected chi connectivity index (χ3v) is 6.20. The van der Waals surface area contributed by atoms with Crippen LogP contribution in [-0.4, -0.2) is 58.6 Å². The van der Waals surface area contributed by atoms with Crippen molar-refractivity contribution < 1.29 is 24.5 Å². The maximum Gasteiger partial charge on any atom is 0.410 e. The number of aromatic nitrogens is 1. The number of hydrogen-bond donors (Lipinski definition) is 2. The number of likely N-dealkylation sites (tertiary alicyclic amines) is 1. The Bertz CT molecular complexity index is 911. The summed E-state index contributed by atoms with van der Waals surface area (Å²) in [5, 5.41) is 21.5. The van der Waals surface area contributed by atoms with Gasteiger partial charge in [0.1, 0.15) is 11.4 Å². The normalized spacial score (nSPS) is 20.2. The molecule has 3 atom stereocenters. The number of methoxy groups -OCH3 is 1. The molecule has 2 aromatic rings. The second kappa shape index (κ2) is 10.5. The van der Waals surface area contributed by atoms with Crippen LogP contribution in [-0.2, 0) is 4.74 Å². The monoisotopic (exact) mass is 444 g/mol. The van der Waals surface area contributed by atoms with Crippen LogP contribution in [0.1, 0.15) is 58.1 Å². The summed E-state index contributed by atoms with van der Waals surface area (Å²) in [7, 11) is 1.62. The number of pyridine rings is 1. The predicted octanol–water partition coefficient (Wildman–Crippen LogP) is 4.31. The van der Waals surface area contributed by atoms with E-state index < -0.39 is 11.7 Å². The minimum absolute atomic E-state index is 0.0840. The van der Waals surface area contributed by atoms with Gasteiger partial charge < -0.3 is 24.6 Å². The second-order valence-corrected chi connectivity index (χ2v) is 9.62. The van der Waals surface area contributed by atoms with Crippen LogP contribution in [0.4, 0.5) is 4.79 Å². The Morgan fingerprint density at radius 3 is 2.72 bits per heavy atom. The number of rotatable bonds is 7. The molecular weight excluding hydrogens is 408 g/mol. The van der Waals surface area contributed by atoms with Gasteiger partial charge in [0.25, 0.3) is 0 Å². The zero-order chi connectivity index (χ0) is 23.3. The van der Waals surface area contributed by atoms with Gasteiger partial charge in [0.05, 0.1) is 18.7 Å². The summed E-state index contributed by atoms with van der Waals surface area (Å²) in [6.45, 7) is 6.88. The smallest absolute Gasteiger partial charge is 0.410 e. The first kappa shape index (κ1) is 24.3. The summed E-state index contributed by atoms with van der Waals surface area (Å²) >= 11 is 0. The molecule has 0 unspecified atom stereocenters. The number of amides is 1. The minimum atomic E-state index is -0.619. The van der Waals surface area contributed by atoms with Gasteiger partial charge in [-0.25, -0.2) is 4.79 Å². The van der Waals surface area contributed by atoms with E-state index in [1.165, 1.54) is 0 Å². The molecule has 3 rings (SSSR count). The lowest BCUT2D eigenvalue weighted by atomic mass is 9.79. The molecule has 2 N–H and O–H groups in total. The Kier molecular flexibility index (Phi) is 7.96. The molecular formula is C25H36N2O5. The zero-order valence-electron chi connectivity index (χ0n) is 19.6. The van der Waals surface area contributed by atoms with Crippen LogP contribution in [0.5, 0.6) is 5.75 Å². The Morgan fingerprint density at radius 2 is 2.03 bits per heavy atom. The molecule has 176 valence electrons. The third kappa shape index (κ3) is 6.11. The molecule has 1 fully saturated rings. The van der Waals surface area contributed by atoms with Crippen molar-refractivity contribution in [1.29, 1.82) is 0 Å². The van der Waals surface area contributed by atoms with E-state index in [1.807, 2.05) is 45.0 Å². The van der Waals surface area contributed by atoms with Crippen LogP contribution < -0.4 is 4.74 Å². The van der Waals surface area contributed by atoms with Crippen molar-refractivity contribution >= 4 is 17.0 Å². The van der Waals surface area contributed by atoms with Crippen LogP contribution >= 0.6 is 0 Å². The Labute approximate surface area is 190 Å². The largest absolute Gasteiger partial charge is 0.497 e. The van der Waals surface area contributed by atoms with Gasteiger partial charge in [-0.3, -0.25) is 4.98 Å². The lowest BCUT2D eigenvalue weighted by Gasteiger charge is -2.39. The maximum atomic E-state index is 12.5. The van der Waals surface area contributed by atoms with E-state index in [9.17, 15) is 15.0 Å². The van der Waals surface area contributed by atoms with Gasteiger partial charge in [-0.2, -0.15) is 0 Å². The molecule has 32 heavy (non-hydrogen) atoms. The van der Waals surface area contributed by atoms with E-state index in [4.69, 9.17) is 9.47 Å². The third-order valence-electron chi connectivity index (χ3n) is 6.20. The number of aliphatic hydroxyl groups is 2. The average molecular weight is 445 g/mol. The summed E-state index contributed by atoms with van der Waals surface area (Å²) in [5.41, 5.74) is 1.14. The van der Waals surface area contributed by atoms with Gasteiger partial charge in [0, 0.05) is 31.3 Å². The molecule has 0 radical (unpaired) electrons. The molecule has 1 amide bonds. The molecule has 1 aliphatic heterocycles. The molecule has 7 heteroatoms. The SMILES string of the molecule is COc1ccc2nccc([C@H](O)CC[C@@H]3CCN(C(=O)OC(C)(C)C)C[C@@H]3CCO)c2c1. The molecule has 0 aliphatic carbocycles. The van der Waals surface area contributed by atoms with Crippen LogP contribution in [0.2, 0.25) is 0 Å². The Morgan fingerprint density at radius 1 is 1.25 bits per heavy atom. The van der Waals surface area contributed by atoms with Crippen molar-refractivity contribution in [3.63, 3.8) is 0 Å². The van der Waals surface area contributed by atoms with E-state index in [0.717, 1.165) is 35.1 Å². The number of hydrogen-bond acceptors (Lipinski definition) is 6. The van der Waals surface area contributed by atoms with Crippen molar-refractivity contribution in [2.24, 2.45) is 11.8 Å². The zero-order valence-corrected chi connectivity index (χ0v) is 19.6. The first-order valence-electron chi connectivity index (χ1n) is 11.4. The number of nitrogens with zero attached hydrogens (tertiary/aromatic N) is 2. The molecule has 0 spiro atoms. The van der Waals surface area contributed by atoms with Gasteiger partial charge >= 0.3 is 6.09 Å². The predicted molar refractivity (Wildman–Crippen MR) is 124 cm³/mol. The fourth-order valence-corrected chi connectivity index (χ4v) is 4.54. The number of aliphatic hydroxyl groups excluding tert-OH is 2. The summed E-state index contributed by atoms with van der Waals surface area (Å²) in [5.74, 6) is 1.25. The van der Waals surface area contributed by atoms with Crippen LogP contribution in [0.15, 0.2) is 30.5 Å². The molecule has 1 aromatic carbocycles. The van der Waals surface area contributed by atoms with E-state index in [0.29, 0.717) is 31.8 Å². The minimum Gasteiger partial charge on any atom is -0.497 e. The van der Waals surface area contributed by atoms with Gasteiger partial charge in [0.2, 0.25) is 0 Å². The number of benzene rings is 1. The second-order valence-electron chi connectivity index (χ2n) is 9.62. The molecule has 0 saturated carbocycles. The average Bonchev–Trinajstić information content (AvgIpc) is 2.76. The first-order valence-corrected chi connectivity index (χ1v) is 11.4. The van der Waals surface area contributed by atoms with Crippen LogP contribution in [0.25, 0.3) is 10.9 Å². The van der Waals surface area contributed by atoms with Crippen molar-refractivity contribution in [2.45, 2.75) is 58.2 Å². The van der Waals surface area contributed by atoms with E-state index >= 15 is 0 Å². The first-order chi connectivity index (χ1) is 15.2. The summed E-state index contributed by atoms with van der Waals surface area (Å²) in [6, 6.07) is 7.54. The number of fused-ring (bicyclic) bond motifs is 1. The number of ether oxygens (including phenoxy) is 2. The molecule has 1 aromatic heterocycles. The van der Waals surface area contributed by atoms with Crippen molar-refractivity contribution in [1.82, 2.24) is 9.88 Å². The highest BCUT2D eigenvalue weighted by atomic mass is 16.6. The highest BCUT2D eigenvalue weighted by Gasteiger charge is 2.33. The lowest BCUT2D eigenvalue weighted by molar-refractivity contribution is 0.00570. The summed E-state index contributed by atoms with van der Waals surface area (Å²) in [4.78, 5) is 18.6. The number of carbonyl (C=O) groups excluding carboxylic acids is 1. The summed E-state index contributed by atoms with van der Waals surface area (Å²) in [6.07, 6.45) is 3.71. The Hall–Kier alpha value is -2.38. The fraction of sp³-hybridized carbons (Fsp3) is 0.600. The van der Waals surface area contributed by atoms with Crippen molar-refractivity contribution in [2.75, 3.05) is 26.8 Å². The summed E-state index contributed by atoms with van der Waals surface area (Å²) < 4.78 is 10.9. The van der Waals surface area contributed by atoms with E-state index in [-0.39, 0.29) is 18.6 Å². The molecule has 1 saturated heterocycles. The van der Waals surface area contributed by atoms with Gasteiger partial charge in [-0.15, -0.1) is 0 Å². The molecule has 1 aliphatic rings. The molecule has 7 nitrogen and oxygen atoms in total. The maximum absolute atomic E-state index is 12.5. The fourth-order valence-electron chi connectivity index (χ4n) is 4.54. The van der Waals surface area contributed by atoms with Crippen molar-refractivity contribution in [3.8, 4) is 5.75 Å². The van der Waals surface area contributed by atoms with Gasteiger partial charge in [0.15, 0.2) is 0 Å². The quantitative estimate of drug-likeness (QED) is 0.661. The van der Waals surface area contributed by atoms with Gasteiger partial charge in [-0.05, 0) is 88.1 Å². The number of piperidine rings is 1. The lowest BCUT2D eigenvalue weighted by Crippen LogP contribution is -2.46. The number of carbonyl (C=O) groups is 1. The topological polar surface area (TPSA) is 92.1 Å². The van der Waals surface area contributed by atoms with E-state index in [2.05, 4.69) is 4.98 Å². The van der Waals surface area contributed by atoms with E-state index in [1.54, 1.807) is 18.2 Å². The van der Waals surface area contributed by atoms with Crippen molar-refractivity contribution in [3.05, 3.63) is 36.0 Å². The standard InChI is InChI=1S/C25H36N2O5/c1-25(2,3)32-24(30)27-13-10-17(18(16-27)11-14-28)5-8-23(29)20-9-12-26-22-7-6-19(31-4)15-21(20)22/h6-7,9,12,15,17-18,23,28-29H,5,8,10-11,13-14,16H2,1-4H3/t17-,18+,23-/m1/s1. The van der Waals surface area contributed by atoms with Crippen LogP contribution in [0, 0.1) is 11.8 Å². The molecule has 0 bridgehead atoms. The highest BCUT2D eigenvalue weighted by Crippen LogP contribution is 2.35. The van der Waals surface area contributed by atoms with Gasteiger partial charge in [-0.1, -0.05) is 0 Å². The highest BCUT2D eigenvalue weighted by molar-refractivity contribution is 5.83.